The molecule has 1 fully saturated rings. The van der Waals surface area contributed by atoms with E-state index in [-0.39, 0.29) is 0 Å². The van der Waals surface area contributed by atoms with Gasteiger partial charge in [0.1, 0.15) is 16.9 Å². The molecule has 0 saturated carbocycles. The summed E-state index contributed by atoms with van der Waals surface area (Å²) in [4.78, 5) is 22.2. The summed E-state index contributed by atoms with van der Waals surface area (Å²) in [5.74, 6) is 0.473. The van der Waals surface area contributed by atoms with E-state index in [0.29, 0.717) is 11.6 Å². The fourth-order valence-electron chi connectivity index (χ4n) is 3.91. The molecule has 5 aromatic rings. The molecule has 0 aliphatic carbocycles. The average molecular weight is 386 g/mol. The van der Waals surface area contributed by atoms with Crippen LogP contribution in [-0.2, 0) is 0 Å². The molecule has 6 rings (SSSR count). The second kappa shape index (κ2) is 6.30. The Labute approximate surface area is 165 Å². The van der Waals surface area contributed by atoms with Gasteiger partial charge in [-0.25, -0.2) is 9.97 Å². The number of rotatable bonds is 4. The van der Waals surface area contributed by atoms with Crippen molar-refractivity contribution in [2.45, 2.75) is 12.8 Å². The zero-order valence-electron chi connectivity index (χ0n) is 15.5. The van der Waals surface area contributed by atoms with Crippen molar-refractivity contribution in [3.8, 4) is 28.7 Å². The largest absolute Gasteiger partial charge is 0.368 e. The fourth-order valence-corrected chi connectivity index (χ4v) is 3.91. The minimum atomic E-state index is 0.473. The highest BCUT2D eigenvalue weighted by molar-refractivity contribution is 5.87. The molecule has 1 aliphatic rings. The Morgan fingerprint density at radius 2 is 1.93 bits per heavy atom. The van der Waals surface area contributed by atoms with E-state index in [4.69, 9.17) is 5.10 Å². The van der Waals surface area contributed by atoms with Crippen LogP contribution in [-0.4, -0.2) is 58.0 Å². The van der Waals surface area contributed by atoms with Gasteiger partial charge in [-0.3, -0.25) is 5.10 Å². The second-order valence-corrected chi connectivity index (χ2v) is 7.02. The molecule has 1 aliphatic heterocycles. The van der Waals surface area contributed by atoms with Crippen LogP contribution in [0.25, 0.3) is 39.9 Å². The minimum absolute atomic E-state index is 0.473. The number of anilines is 1. The van der Waals surface area contributed by atoms with Gasteiger partial charge in [-0.15, -0.1) is 0 Å². The Balaban J connectivity index is 1.65. The number of nitrogens with one attached hydrogen (secondary N) is 3. The van der Waals surface area contributed by atoms with Crippen LogP contribution in [0.15, 0.2) is 43.1 Å². The molecule has 0 atom stereocenters. The Morgan fingerprint density at radius 3 is 2.72 bits per heavy atom. The van der Waals surface area contributed by atoms with E-state index in [1.165, 1.54) is 0 Å². The standard InChI is InChI=1S/C19H18N10/c1-2-9-28(8-1)17-15(12-5-7-24-26-12)27-29(16(17)13-4-3-6-20-13)19-21-10-14-18(25-19)23-11-22-14/h3-7,10-11,20H,1-2,8-9H2,(H,24,26)(H,21,22,23,25). The molecule has 0 amide bonds. The van der Waals surface area contributed by atoms with E-state index in [1.54, 1.807) is 23.4 Å². The number of aromatic amines is 3. The molecule has 29 heavy (non-hydrogen) atoms. The van der Waals surface area contributed by atoms with Crippen LogP contribution in [0.3, 0.4) is 0 Å². The monoisotopic (exact) mass is 386 g/mol. The highest BCUT2D eigenvalue weighted by Crippen LogP contribution is 2.40. The number of fused-ring (bicyclic) bond motifs is 1. The van der Waals surface area contributed by atoms with Crippen LogP contribution in [0.1, 0.15) is 12.8 Å². The Kier molecular flexibility index (Phi) is 3.48. The summed E-state index contributed by atoms with van der Waals surface area (Å²) < 4.78 is 1.80. The first-order chi connectivity index (χ1) is 14.4. The summed E-state index contributed by atoms with van der Waals surface area (Å²) in [7, 11) is 0. The van der Waals surface area contributed by atoms with Gasteiger partial charge in [0.25, 0.3) is 5.95 Å². The molecule has 0 radical (unpaired) electrons. The molecule has 5 aromatic heterocycles. The minimum Gasteiger partial charge on any atom is -0.368 e. The van der Waals surface area contributed by atoms with Crippen LogP contribution < -0.4 is 4.90 Å². The number of imidazole rings is 1. The molecule has 0 bridgehead atoms. The molecular formula is C19H18N10. The van der Waals surface area contributed by atoms with Crippen LogP contribution in [0.5, 0.6) is 0 Å². The maximum absolute atomic E-state index is 4.94. The van der Waals surface area contributed by atoms with E-state index < -0.39 is 0 Å². The number of aromatic nitrogens is 9. The third kappa shape index (κ3) is 2.53. The van der Waals surface area contributed by atoms with Crippen LogP contribution in [0.4, 0.5) is 5.69 Å². The van der Waals surface area contributed by atoms with E-state index in [0.717, 1.165) is 59.9 Å². The number of hydrogen-bond donors (Lipinski definition) is 3. The Bertz CT molecular complexity index is 1260. The lowest BCUT2D eigenvalue weighted by Gasteiger charge is -2.19. The average Bonchev–Trinajstić information content (AvgIpc) is 3.55. The molecule has 1 saturated heterocycles. The predicted molar refractivity (Wildman–Crippen MR) is 108 cm³/mol. The molecule has 144 valence electrons. The second-order valence-electron chi connectivity index (χ2n) is 7.02. The predicted octanol–water partition coefficient (Wildman–Crippen LogP) is 2.52. The zero-order chi connectivity index (χ0) is 19.2. The third-order valence-electron chi connectivity index (χ3n) is 5.24. The number of hydrogen-bond acceptors (Lipinski definition) is 6. The topological polar surface area (TPSA) is 120 Å². The van der Waals surface area contributed by atoms with E-state index >= 15 is 0 Å². The van der Waals surface area contributed by atoms with Crippen molar-refractivity contribution in [1.82, 2.24) is 44.9 Å². The number of nitrogens with zero attached hydrogens (tertiary/aromatic N) is 7. The maximum atomic E-state index is 4.94. The van der Waals surface area contributed by atoms with Gasteiger partial charge >= 0.3 is 0 Å². The first-order valence-electron chi connectivity index (χ1n) is 9.56. The van der Waals surface area contributed by atoms with Crippen molar-refractivity contribution in [2.75, 3.05) is 18.0 Å². The van der Waals surface area contributed by atoms with Crippen LogP contribution in [0, 0.1) is 0 Å². The molecule has 0 spiro atoms. The SMILES string of the molecule is c1c[nH]c(-c2c(N3CCCC3)c(-c3ccn[nH]3)nn2-c2ncc3[nH]cnc3n2)c1. The van der Waals surface area contributed by atoms with Crippen LogP contribution >= 0.6 is 0 Å². The first-order valence-corrected chi connectivity index (χ1v) is 9.56. The van der Waals surface area contributed by atoms with Crippen LogP contribution in [0.2, 0.25) is 0 Å². The maximum Gasteiger partial charge on any atom is 0.253 e. The molecule has 3 N–H and O–H groups in total. The molecular weight excluding hydrogens is 368 g/mol. The summed E-state index contributed by atoms with van der Waals surface area (Å²) in [6.45, 7) is 1.97. The van der Waals surface area contributed by atoms with Crippen molar-refractivity contribution in [3.05, 3.63) is 43.1 Å². The highest BCUT2D eigenvalue weighted by Gasteiger charge is 2.29. The lowest BCUT2D eigenvalue weighted by Crippen LogP contribution is -2.19. The summed E-state index contributed by atoms with van der Waals surface area (Å²) in [6.07, 6.45) is 9.32. The fraction of sp³-hybridized carbons (Fsp3) is 0.211. The van der Waals surface area contributed by atoms with Crippen molar-refractivity contribution in [1.29, 1.82) is 0 Å². The van der Waals surface area contributed by atoms with Gasteiger partial charge in [-0.1, -0.05) is 0 Å². The van der Waals surface area contributed by atoms with E-state index in [1.807, 2.05) is 24.4 Å². The molecule has 0 unspecified atom stereocenters. The smallest absolute Gasteiger partial charge is 0.253 e. The molecule has 0 aromatic carbocycles. The lowest BCUT2D eigenvalue weighted by molar-refractivity contribution is 0.820. The van der Waals surface area contributed by atoms with Crippen molar-refractivity contribution >= 4 is 16.9 Å². The van der Waals surface area contributed by atoms with Crippen molar-refractivity contribution in [3.63, 3.8) is 0 Å². The van der Waals surface area contributed by atoms with Gasteiger partial charge in [0, 0.05) is 25.5 Å². The Morgan fingerprint density at radius 1 is 1.00 bits per heavy atom. The highest BCUT2D eigenvalue weighted by atomic mass is 15.4. The van der Waals surface area contributed by atoms with Gasteiger partial charge in [-0.05, 0) is 31.0 Å². The van der Waals surface area contributed by atoms with Crippen molar-refractivity contribution in [2.24, 2.45) is 0 Å². The quantitative estimate of drug-likeness (QED) is 0.437. The first kappa shape index (κ1) is 16.0. The summed E-state index contributed by atoms with van der Waals surface area (Å²) >= 11 is 0. The summed E-state index contributed by atoms with van der Waals surface area (Å²) in [5, 5.41) is 12.1. The van der Waals surface area contributed by atoms with Gasteiger partial charge in [0.2, 0.25) is 0 Å². The van der Waals surface area contributed by atoms with Crippen molar-refractivity contribution < 1.29 is 0 Å². The van der Waals surface area contributed by atoms with Gasteiger partial charge in [0.05, 0.1) is 29.6 Å². The third-order valence-corrected chi connectivity index (χ3v) is 5.24. The van der Waals surface area contributed by atoms with E-state index in [9.17, 15) is 0 Å². The molecule has 10 heteroatoms. The Hall–Kier alpha value is -3.95. The molecule has 10 nitrogen and oxygen atoms in total. The molecule has 6 heterocycles. The zero-order valence-corrected chi connectivity index (χ0v) is 15.5. The van der Waals surface area contributed by atoms with E-state index in [2.05, 4.69) is 40.0 Å². The van der Waals surface area contributed by atoms with Gasteiger partial charge < -0.3 is 14.9 Å². The lowest BCUT2D eigenvalue weighted by atomic mass is 10.1. The summed E-state index contributed by atoms with van der Waals surface area (Å²) in [5.41, 5.74) is 6.02. The summed E-state index contributed by atoms with van der Waals surface area (Å²) in [6, 6.07) is 5.95. The van der Waals surface area contributed by atoms with Gasteiger partial charge in [-0.2, -0.15) is 19.9 Å². The number of H-pyrrole nitrogens is 3. The normalized spacial score (nSPS) is 14.3. The van der Waals surface area contributed by atoms with Gasteiger partial charge in [0.15, 0.2) is 5.65 Å².